The number of nitrogens with one attached hydrogen (secondary N) is 3. The van der Waals surface area contributed by atoms with Crippen LogP contribution in [0.3, 0.4) is 0 Å². The summed E-state index contributed by atoms with van der Waals surface area (Å²) in [5.74, 6) is -0.572. The molecule has 0 radical (unpaired) electrons. The number of rotatable bonds is 3. The number of aliphatic hydroxyl groups is 1. The Morgan fingerprint density at radius 1 is 1.26 bits per heavy atom. The van der Waals surface area contributed by atoms with E-state index in [1.165, 1.54) is 0 Å². The lowest BCUT2D eigenvalue weighted by Gasteiger charge is -2.24. The van der Waals surface area contributed by atoms with Crippen molar-refractivity contribution in [3.63, 3.8) is 0 Å². The molecule has 0 unspecified atom stereocenters. The number of hydrogen-bond acceptors (Lipinski definition) is 5. The summed E-state index contributed by atoms with van der Waals surface area (Å²) in [6, 6.07) is 5.49. The molecule has 3 rings (SSSR count). The van der Waals surface area contributed by atoms with Crippen molar-refractivity contribution in [1.29, 1.82) is 0 Å². The van der Waals surface area contributed by atoms with Crippen LogP contribution >= 0.6 is 0 Å². The zero-order valence-electron chi connectivity index (χ0n) is 12.8. The summed E-state index contributed by atoms with van der Waals surface area (Å²) in [4.78, 5) is 23.6. The van der Waals surface area contributed by atoms with Gasteiger partial charge in [-0.05, 0) is 30.5 Å². The number of benzene rings is 1. The summed E-state index contributed by atoms with van der Waals surface area (Å²) in [7, 11) is 0. The second-order valence-corrected chi connectivity index (χ2v) is 5.94. The summed E-state index contributed by atoms with van der Waals surface area (Å²) in [6.07, 6.45) is 3.38. The van der Waals surface area contributed by atoms with Crippen molar-refractivity contribution in [3.05, 3.63) is 23.8 Å². The van der Waals surface area contributed by atoms with Gasteiger partial charge in [0, 0.05) is 12.6 Å². The minimum absolute atomic E-state index is 0.128. The van der Waals surface area contributed by atoms with Gasteiger partial charge in [0.2, 0.25) is 0 Å². The number of carbonyl (C=O) groups excluding carboxylic acids is 2. The maximum absolute atomic E-state index is 11.8. The molecule has 1 fully saturated rings. The average Bonchev–Trinajstić information content (AvgIpc) is 3.05. The highest BCUT2D eigenvalue weighted by molar-refractivity contribution is 6.35. The molecular weight excluding hydrogens is 298 g/mol. The lowest BCUT2D eigenvalue weighted by atomic mass is 10.1. The fourth-order valence-electron chi connectivity index (χ4n) is 2.89. The van der Waals surface area contributed by atoms with Crippen molar-refractivity contribution in [2.75, 3.05) is 11.9 Å². The first kappa shape index (κ1) is 15.6. The van der Waals surface area contributed by atoms with Crippen LogP contribution in [0.2, 0.25) is 0 Å². The molecule has 1 aliphatic carbocycles. The first-order valence-electron chi connectivity index (χ1n) is 7.91. The number of carbonyl (C=O) groups is 2. The third kappa shape index (κ3) is 3.92. The Bertz CT molecular complexity index is 599. The molecule has 0 spiro atoms. The van der Waals surface area contributed by atoms with Crippen LogP contribution in [-0.2, 0) is 16.1 Å². The van der Waals surface area contributed by atoms with E-state index in [0.717, 1.165) is 31.2 Å². The molecule has 1 saturated carbocycles. The molecule has 1 aromatic rings. The average molecular weight is 319 g/mol. The number of anilines is 1. The van der Waals surface area contributed by atoms with E-state index in [0.29, 0.717) is 11.4 Å². The van der Waals surface area contributed by atoms with Gasteiger partial charge in [-0.3, -0.25) is 9.59 Å². The molecule has 23 heavy (non-hydrogen) atoms. The predicted molar refractivity (Wildman–Crippen MR) is 83.8 cm³/mol. The van der Waals surface area contributed by atoms with E-state index in [1.807, 2.05) is 6.07 Å². The van der Waals surface area contributed by atoms with Crippen molar-refractivity contribution in [3.8, 4) is 5.75 Å². The Morgan fingerprint density at radius 2 is 2.04 bits per heavy atom. The van der Waals surface area contributed by atoms with Gasteiger partial charge < -0.3 is 25.8 Å². The van der Waals surface area contributed by atoms with Crippen LogP contribution in [0.15, 0.2) is 18.2 Å². The number of hydrogen-bond donors (Lipinski definition) is 4. The van der Waals surface area contributed by atoms with Crippen molar-refractivity contribution in [1.82, 2.24) is 10.6 Å². The highest BCUT2D eigenvalue weighted by Crippen LogP contribution is 2.29. The zero-order chi connectivity index (χ0) is 16.2. The van der Waals surface area contributed by atoms with E-state index in [2.05, 4.69) is 16.0 Å². The second-order valence-electron chi connectivity index (χ2n) is 5.94. The van der Waals surface area contributed by atoms with E-state index >= 15 is 0 Å². The van der Waals surface area contributed by atoms with E-state index in [1.54, 1.807) is 12.1 Å². The van der Waals surface area contributed by atoms with Crippen molar-refractivity contribution < 1.29 is 19.4 Å². The van der Waals surface area contributed by atoms with Gasteiger partial charge in [0.05, 0.1) is 5.69 Å². The van der Waals surface area contributed by atoms with E-state index < -0.39 is 18.0 Å². The summed E-state index contributed by atoms with van der Waals surface area (Å²) in [6.45, 7) is 0.419. The van der Waals surface area contributed by atoms with Gasteiger partial charge >= 0.3 is 11.8 Å². The Hall–Kier alpha value is -2.28. The van der Waals surface area contributed by atoms with Gasteiger partial charge in [-0.2, -0.15) is 0 Å². The van der Waals surface area contributed by atoms with Crippen LogP contribution in [0.25, 0.3) is 0 Å². The Labute approximate surface area is 134 Å². The van der Waals surface area contributed by atoms with Gasteiger partial charge in [-0.25, -0.2) is 0 Å². The summed E-state index contributed by atoms with van der Waals surface area (Å²) in [5.41, 5.74) is 1.53. The van der Waals surface area contributed by atoms with Gasteiger partial charge in [0.15, 0.2) is 6.23 Å². The molecule has 7 nitrogen and oxygen atoms in total. The van der Waals surface area contributed by atoms with Crippen LogP contribution in [0.1, 0.15) is 31.2 Å². The lowest BCUT2D eigenvalue weighted by molar-refractivity contribution is -0.139. The second kappa shape index (κ2) is 6.87. The largest absolute Gasteiger partial charge is 0.487 e. The summed E-state index contributed by atoms with van der Waals surface area (Å²) in [5, 5.41) is 17.7. The highest BCUT2D eigenvalue weighted by Gasteiger charge is 2.21. The maximum Gasteiger partial charge on any atom is 0.309 e. The number of fused-ring (bicyclic) bond motifs is 1. The molecule has 1 heterocycles. The Kier molecular flexibility index (Phi) is 4.66. The number of aliphatic hydroxyl groups excluding tert-OH is 1. The van der Waals surface area contributed by atoms with Crippen molar-refractivity contribution >= 4 is 17.5 Å². The SMILES string of the molecule is O=C(NCc1ccc2c(c1)OC[C@@H](O)N2)C(=O)NC1CCCC1. The first-order chi connectivity index (χ1) is 11.1. The van der Waals surface area contributed by atoms with E-state index in [-0.39, 0.29) is 19.2 Å². The normalized spacial score (nSPS) is 20.1. The van der Waals surface area contributed by atoms with Crippen molar-refractivity contribution in [2.45, 2.75) is 44.5 Å². The lowest BCUT2D eigenvalue weighted by Crippen LogP contribution is -2.43. The first-order valence-corrected chi connectivity index (χ1v) is 7.91. The standard InChI is InChI=1S/C16H21N3O4/c20-14-9-23-13-7-10(5-6-12(13)19-14)8-17-15(21)16(22)18-11-3-1-2-4-11/h5-7,11,14,19-20H,1-4,8-9H2,(H,17,21)(H,18,22)/t14-/m1/s1. The topological polar surface area (TPSA) is 99.7 Å². The minimum Gasteiger partial charge on any atom is -0.487 e. The summed E-state index contributed by atoms with van der Waals surface area (Å²) < 4.78 is 5.41. The third-order valence-corrected chi connectivity index (χ3v) is 4.11. The van der Waals surface area contributed by atoms with Crippen molar-refractivity contribution in [2.24, 2.45) is 0 Å². The van der Waals surface area contributed by atoms with Gasteiger partial charge in [0.1, 0.15) is 12.4 Å². The third-order valence-electron chi connectivity index (χ3n) is 4.11. The zero-order valence-corrected chi connectivity index (χ0v) is 12.8. The van der Waals surface area contributed by atoms with Crippen LogP contribution in [0, 0.1) is 0 Å². The van der Waals surface area contributed by atoms with Crippen LogP contribution in [-0.4, -0.2) is 35.8 Å². The molecule has 1 atom stereocenters. The molecule has 2 aliphatic rings. The molecule has 124 valence electrons. The van der Waals surface area contributed by atoms with Gasteiger partial charge in [-0.1, -0.05) is 18.9 Å². The van der Waals surface area contributed by atoms with Crippen LogP contribution in [0.4, 0.5) is 5.69 Å². The molecule has 1 aromatic carbocycles. The Morgan fingerprint density at radius 3 is 2.83 bits per heavy atom. The number of amides is 2. The molecule has 0 saturated heterocycles. The maximum atomic E-state index is 11.8. The molecule has 7 heteroatoms. The van der Waals surface area contributed by atoms with Crippen LogP contribution in [0.5, 0.6) is 5.75 Å². The van der Waals surface area contributed by atoms with E-state index in [9.17, 15) is 14.7 Å². The van der Waals surface area contributed by atoms with Gasteiger partial charge in [-0.15, -0.1) is 0 Å². The molecule has 2 amide bonds. The predicted octanol–water partition coefficient (Wildman–Crippen LogP) is 0.484. The van der Waals surface area contributed by atoms with Crippen LogP contribution < -0.4 is 20.7 Å². The number of ether oxygens (including phenoxy) is 1. The molecule has 0 aromatic heterocycles. The highest BCUT2D eigenvalue weighted by atomic mass is 16.5. The fourth-order valence-corrected chi connectivity index (χ4v) is 2.89. The smallest absolute Gasteiger partial charge is 0.309 e. The fraction of sp³-hybridized carbons (Fsp3) is 0.500. The Balaban J connectivity index is 1.51. The minimum atomic E-state index is -0.715. The molecule has 1 aliphatic heterocycles. The monoisotopic (exact) mass is 319 g/mol. The van der Waals surface area contributed by atoms with E-state index in [4.69, 9.17) is 4.74 Å². The summed E-state index contributed by atoms with van der Waals surface area (Å²) >= 11 is 0. The molecular formula is C16H21N3O4. The van der Waals surface area contributed by atoms with Gasteiger partial charge in [0.25, 0.3) is 0 Å². The molecule has 4 N–H and O–H groups in total. The quantitative estimate of drug-likeness (QED) is 0.608. The molecule has 0 bridgehead atoms.